The lowest BCUT2D eigenvalue weighted by Gasteiger charge is -2.11. The molecule has 27 heavy (non-hydrogen) atoms. The highest BCUT2D eigenvalue weighted by Gasteiger charge is 2.13. The predicted molar refractivity (Wildman–Crippen MR) is 110 cm³/mol. The third-order valence-corrected chi connectivity index (χ3v) is 4.82. The number of hydrogen-bond acceptors (Lipinski definition) is 7. The monoisotopic (exact) mass is 392 g/mol. The molecule has 1 aromatic carbocycles. The number of aromatic nitrogens is 1. The molecule has 7 nitrogen and oxygen atoms in total. The van der Waals surface area contributed by atoms with Crippen LogP contribution < -0.4 is 16.4 Å². The molecular formula is C19H28N4O3S. The predicted octanol–water partition coefficient (Wildman–Crippen LogP) is 2.81. The van der Waals surface area contributed by atoms with Gasteiger partial charge in [0, 0.05) is 30.3 Å². The first-order valence-electron chi connectivity index (χ1n) is 9.05. The van der Waals surface area contributed by atoms with Gasteiger partial charge in [0.1, 0.15) is 0 Å². The number of para-hydroxylation sites is 1. The van der Waals surface area contributed by atoms with Gasteiger partial charge in [-0.15, -0.1) is 11.3 Å². The maximum Gasteiger partial charge on any atom is 0.259 e. The molecule has 1 aromatic heterocycles. The van der Waals surface area contributed by atoms with E-state index in [4.69, 9.17) is 15.2 Å². The number of ether oxygens (including phenoxy) is 2. The van der Waals surface area contributed by atoms with E-state index >= 15 is 0 Å². The van der Waals surface area contributed by atoms with Crippen LogP contribution in [0.4, 0.5) is 10.8 Å². The molecule has 8 heteroatoms. The first kappa shape index (κ1) is 21.3. The molecule has 0 spiro atoms. The topological polar surface area (TPSA) is 98.5 Å². The maximum atomic E-state index is 12.6. The van der Waals surface area contributed by atoms with Gasteiger partial charge in [0.25, 0.3) is 5.91 Å². The summed E-state index contributed by atoms with van der Waals surface area (Å²) in [5, 5.41) is 6.80. The zero-order chi connectivity index (χ0) is 19.5. The Labute approximate surface area is 164 Å². The number of benzene rings is 1. The number of rotatable bonds is 12. The zero-order valence-corrected chi connectivity index (χ0v) is 16.7. The van der Waals surface area contributed by atoms with Gasteiger partial charge in [0.2, 0.25) is 0 Å². The van der Waals surface area contributed by atoms with Gasteiger partial charge in [-0.3, -0.25) is 10.1 Å². The molecule has 0 radical (unpaired) electrons. The van der Waals surface area contributed by atoms with Gasteiger partial charge in [-0.1, -0.05) is 12.1 Å². The lowest BCUT2D eigenvalue weighted by Crippen LogP contribution is -2.16. The highest BCUT2D eigenvalue weighted by atomic mass is 32.1. The summed E-state index contributed by atoms with van der Waals surface area (Å²) in [5.41, 5.74) is 7.68. The summed E-state index contributed by atoms with van der Waals surface area (Å²) in [5.74, 6) is -0.167. The minimum Gasteiger partial charge on any atom is -0.384 e. The molecule has 0 saturated carbocycles. The number of carbonyl (C=O) groups is 1. The third kappa shape index (κ3) is 7.26. The van der Waals surface area contributed by atoms with Crippen LogP contribution in [-0.2, 0) is 9.47 Å². The smallest absolute Gasteiger partial charge is 0.259 e. The number of nitrogens with one attached hydrogen (secondary N) is 2. The van der Waals surface area contributed by atoms with Crippen molar-refractivity contribution in [2.24, 2.45) is 5.73 Å². The molecule has 1 heterocycles. The molecule has 0 unspecified atom stereocenters. The molecule has 4 N–H and O–H groups in total. The van der Waals surface area contributed by atoms with Crippen LogP contribution in [0.1, 0.15) is 27.3 Å². The summed E-state index contributed by atoms with van der Waals surface area (Å²) in [4.78, 5) is 18.0. The molecule has 1 amide bonds. The van der Waals surface area contributed by atoms with Crippen LogP contribution >= 0.6 is 11.3 Å². The molecule has 0 fully saturated rings. The molecule has 0 aliphatic rings. The SMILES string of the molecule is Cc1nc(NC(=O)c2ccccc2NCCCOCCOCCN)sc1C. The Kier molecular flexibility index (Phi) is 9.20. The molecule has 2 aromatic rings. The van der Waals surface area contributed by atoms with E-state index in [0.717, 1.165) is 22.7 Å². The molecule has 0 aliphatic carbocycles. The van der Waals surface area contributed by atoms with E-state index in [9.17, 15) is 4.79 Å². The lowest BCUT2D eigenvalue weighted by molar-refractivity contribution is 0.0507. The van der Waals surface area contributed by atoms with E-state index in [-0.39, 0.29) is 5.91 Å². The second-order valence-corrected chi connectivity index (χ2v) is 7.16. The number of carbonyl (C=O) groups excluding carboxylic acids is 1. The van der Waals surface area contributed by atoms with Crippen LogP contribution in [-0.4, -0.2) is 50.4 Å². The standard InChI is InChI=1S/C19H28N4O3S/c1-14-15(2)27-19(22-14)23-18(24)16-6-3-4-7-17(16)21-9-5-10-25-12-13-26-11-8-20/h3-4,6-7,21H,5,8-13,20H2,1-2H3,(H,22,23,24). The summed E-state index contributed by atoms with van der Waals surface area (Å²) in [6.45, 7) is 7.47. The number of nitrogens with two attached hydrogens (primary N) is 1. The van der Waals surface area contributed by atoms with Crippen molar-refractivity contribution in [3.05, 3.63) is 40.4 Å². The van der Waals surface area contributed by atoms with Crippen molar-refractivity contribution in [2.45, 2.75) is 20.3 Å². The van der Waals surface area contributed by atoms with Crippen molar-refractivity contribution in [1.29, 1.82) is 0 Å². The molecular weight excluding hydrogens is 364 g/mol. The summed E-state index contributed by atoms with van der Waals surface area (Å²) >= 11 is 1.48. The Bertz CT molecular complexity index is 701. The van der Waals surface area contributed by atoms with Gasteiger partial charge in [0.05, 0.1) is 31.1 Å². The van der Waals surface area contributed by atoms with E-state index in [2.05, 4.69) is 15.6 Å². The molecule has 0 aliphatic heterocycles. The van der Waals surface area contributed by atoms with Crippen LogP contribution in [0.5, 0.6) is 0 Å². The second kappa shape index (κ2) is 11.7. The van der Waals surface area contributed by atoms with Gasteiger partial charge in [-0.25, -0.2) is 4.98 Å². The third-order valence-electron chi connectivity index (χ3n) is 3.84. The van der Waals surface area contributed by atoms with Crippen LogP contribution in [0.25, 0.3) is 0 Å². The first-order valence-corrected chi connectivity index (χ1v) is 9.87. The number of nitrogens with zero attached hydrogens (tertiary/aromatic N) is 1. The highest BCUT2D eigenvalue weighted by molar-refractivity contribution is 7.15. The van der Waals surface area contributed by atoms with Crippen molar-refractivity contribution in [3.63, 3.8) is 0 Å². The Morgan fingerprint density at radius 1 is 1.15 bits per heavy atom. The Morgan fingerprint density at radius 2 is 1.89 bits per heavy atom. The average molecular weight is 393 g/mol. The summed E-state index contributed by atoms with van der Waals surface area (Å²) in [6, 6.07) is 7.45. The minimum atomic E-state index is -0.167. The summed E-state index contributed by atoms with van der Waals surface area (Å²) in [7, 11) is 0. The van der Waals surface area contributed by atoms with Gasteiger partial charge in [-0.05, 0) is 32.4 Å². The highest BCUT2D eigenvalue weighted by Crippen LogP contribution is 2.23. The Hall–Kier alpha value is -2.00. The van der Waals surface area contributed by atoms with E-state index in [1.807, 2.05) is 32.0 Å². The van der Waals surface area contributed by atoms with Gasteiger partial charge >= 0.3 is 0 Å². The molecule has 2 rings (SSSR count). The fourth-order valence-corrected chi connectivity index (χ4v) is 3.14. The van der Waals surface area contributed by atoms with Crippen LogP contribution in [0, 0.1) is 13.8 Å². The number of thiazole rings is 1. The quantitative estimate of drug-likeness (QED) is 0.481. The zero-order valence-electron chi connectivity index (χ0n) is 15.9. The van der Waals surface area contributed by atoms with Crippen molar-refractivity contribution >= 4 is 28.1 Å². The van der Waals surface area contributed by atoms with Crippen LogP contribution in [0.2, 0.25) is 0 Å². The van der Waals surface area contributed by atoms with E-state index < -0.39 is 0 Å². The maximum absolute atomic E-state index is 12.6. The largest absolute Gasteiger partial charge is 0.384 e. The van der Waals surface area contributed by atoms with E-state index in [0.29, 0.717) is 50.2 Å². The number of hydrogen-bond donors (Lipinski definition) is 3. The Morgan fingerprint density at radius 3 is 2.59 bits per heavy atom. The number of amides is 1. The van der Waals surface area contributed by atoms with Crippen LogP contribution in [0.15, 0.2) is 24.3 Å². The fourth-order valence-electron chi connectivity index (χ4n) is 2.33. The van der Waals surface area contributed by atoms with E-state index in [1.165, 1.54) is 11.3 Å². The summed E-state index contributed by atoms with van der Waals surface area (Å²) < 4.78 is 10.7. The van der Waals surface area contributed by atoms with E-state index in [1.54, 1.807) is 6.07 Å². The van der Waals surface area contributed by atoms with Crippen LogP contribution in [0.3, 0.4) is 0 Å². The van der Waals surface area contributed by atoms with Gasteiger partial charge < -0.3 is 20.5 Å². The fraction of sp³-hybridized carbons (Fsp3) is 0.474. The van der Waals surface area contributed by atoms with Gasteiger partial charge in [0.15, 0.2) is 5.13 Å². The van der Waals surface area contributed by atoms with Gasteiger partial charge in [-0.2, -0.15) is 0 Å². The Balaban J connectivity index is 1.77. The van der Waals surface area contributed by atoms with Crippen molar-refractivity contribution in [2.75, 3.05) is 50.2 Å². The van der Waals surface area contributed by atoms with Crippen molar-refractivity contribution in [1.82, 2.24) is 4.98 Å². The second-order valence-electron chi connectivity index (χ2n) is 5.95. The van der Waals surface area contributed by atoms with Crippen molar-refractivity contribution < 1.29 is 14.3 Å². The van der Waals surface area contributed by atoms with Crippen molar-refractivity contribution in [3.8, 4) is 0 Å². The molecule has 148 valence electrons. The lowest BCUT2D eigenvalue weighted by atomic mass is 10.1. The molecule has 0 atom stereocenters. The number of aryl methyl sites for hydroxylation is 2. The molecule has 0 saturated heterocycles. The number of anilines is 2. The summed E-state index contributed by atoms with van der Waals surface area (Å²) in [6.07, 6.45) is 0.831. The molecule has 0 bridgehead atoms. The normalized spacial score (nSPS) is 10.8. The average Bonchev–Trinajstić information content (AvgIpc) is 2.97. The first-order chi connectivity index (χ1) is 13.1. The minimum absolute atomic E-state index is 0.167.